The van der Waals surface area contributed by atoms with Crippen molar-refractivity contribution in [1.29, 1.82) is 0 Å². The van der Waals surface area contributed by atoms with Gasteiger partial charge in [-0.1, -0.05) is 37.3 Å². The van der Waals surface area contributed by atoms with Crippen molar-refractivity contribution in [3.8, 4) is 0 Å². The van der Waals surface area contributed by atoms with Crippen molar-refractivity contribution >= 4 is 43.2 Å². The van der Waals surface area contributed by atoms with Gasteiger partial charge in [-0.25, -0.2) is 13.4 Å². The van der Waals surface area contributed by atoms with E-state index in [1.807, 2.05) is 49.1 Å². The highest BCUT2D eigenvalue weighted by Gasteiger charge is 2.29. The number of anilines is 1. The first-order valence-corrected chi connectivity index (χ1v) is 12.6. The van der Waals surface area contributed by atoms with Gasteiger partial charge < -0.3 is 5.32 Å². The van der Waals surface area contributed by atoms with Gasteiger partial charge in [-0.2, -0.15) is 4.31 Å². The molecule has 1 saturated heterocycles. The molecule has 1 aromatic heterocycles. The molecular formula is C22H26N4O3S2. The van der Waals surface area contributed by atoms with Gasteiger partial charge >= 0.3 is 0 Å². The quantitative estimate of drug-likeness (QED) is 0.614. The molecule has 4 rings (SSSR count). The molecular weight excluding hydrogens is 432 g/mol. The topological polar surface area (TPSA) is 82.6 Å². The van der Waals surface area contributed by atoms with Crippen LogP contribution in [0.1, 0.15) is 17.5 Å². The van der Waals surface area contributed by atoms with Gasteiger partial charge in [0.15, 0.2) is 5.13 Å². The second-order valence-corrected chi connectivity index (χ2v) is 10.8. The number of carbonyl (C=O) groups excluding carboxylic acids is 1. The largest absolute Gasteiger partial charge is 0.301 e. The van der Waals surface area contributed by atoms with Gasteiger partial charge in [-0.3, -0.25) is 9.69 Å². The van der Waals surface area contributed by atoms with E-state index in [-0.39, 0.29) is 12.5 Å². The fourth-order valence-electron chi connectivity index (χ4n) is 3.78. The maximum atomic E-state index is 13.1. The van der Waals surface area contributed by atoms with Gasteiger partial charge in [0.2, 0.25) is 15.9 Å². The zero-order valence-electron chi connectivity index (χ0n) is 17.7. The smallest absolute Gasteiger partial charge is 0.243 e. The van der Waals surface area contributed by atoms with E-state index < -0.39 is 10.0 Å². The van der Waals surface area contributed by atoms with E-state index in [1.165, 1.54) is 15.6 Å². The number of nitrogens with one attached hydrogen (secondary N) is 1. The number of nitrogens with zero attached hydrogens (tertiary/aromatic N) is 3. The second-order valence-electron chi connectivity index (χ2n) is 7.61. The van der Waals surface area contributed by atoms with Crippen molar-refractivity contribution in [3.63, 3.8) is 0 Å². The van der Waals surface area contributed by atoms with Crippen LogP contribution in [-0.4, -0.2) is 61.2 Å². The predicted molar refractivity (Wildman–Crippen MR) is 124 cm³/mol. The Balaban J connectivity index is 1.35. The number of hydrogen-bond acceptors (Lipinski definition) is 6. The Morgan fingerprint density at radius 2 is 1.81 bits per heavy atom. The Kier molecular flexibility index (Phi) is 6.38. The van der Waals surface area contributed by atoms with Crippen molar-refractivity contribution in [2.45, 2.75) is 25.2 Å². The van der Waals surface area contributed by atoms with E-state index in [0.29, 0.717) is 36.2 Å². The molecule has 2 aromatic carbocycles. The lowest BCUT2D eigenvalue weighted by molar-refractivity contribution is -0.117. The SMILES string of the molecule is CCc1nc(NC(=O)CN2CCN(S(=O)(=O)c3ccc4ccccc4c3)CC2)sc1C. The van der Waals surface area contributed by atoms with Crippen LogP contribution in [0, 0.1) is 6.92 Å². The summed E-state index contributed by atoms with van der Waals surface area (Å²) in [6, 6.07) is 12.9. The van der Waals surface area contributed by atoms with E-state index in [2.05, 4.69) is 10.3 Å². The van der Waals surface area contributed by atoms with E-state index in [4.69, 9.17) is 0 Å². The van der Waals surface area contributed by atoms with E-state index in [0.717, 1.165) is 27.8 Å². The average Bonchev–Trinajstić information content (AvgIpc) is 3.12. The highest BCUT2D eigenvalue weighted by Crippen LogP contribution is 2.24. The lowest BCUT2D eigenvalue weighted by atomic mass is 10.1. The lowest BCUT2D eigenvalue weighted by Crippen LogP contribution is -2.50. The van der Waals surface area contributed by atoms with Crippen molar-refractivity contribution in [1.82, 2.24) is 14.2 Å². The zero-order valence-corrected chi connectivity index (χ0v) is 19.3. The summed E-state index contributed by atoms with van der Waals surface area (Å²) in [5, 5.41) is 5.40. The average molecular weight is 459 g/mol. The van der Waals surface area contributed by atoms with Crippen LogP contribution in [-0.2, 0) is 21.2 Å². The van der Waals surface area contributed by atoms with Crippen molar-refractivity contribution < 1.29 is 13.2 Å². The Morgan fingerprint density at radius 3 is 2.48 bits per heavy atom. The van der Waals surface area contributed by atoms with Crippen molar-refractivity contribution in [2.75, 3.05) is 38.0 Å². The van der Waals surface area contributed by atoms with Crippen LogP contribution < -0.4 is 5.32 Å². The fraction of sp³-hybridized carbons (Fsp3) is 0.364. The Bertz CT molecular complexity index is 1200. The number of sulfonamides is 1. The highest BCUT2D eigenvalue weighted by atomic mass is 32.2. The summed E-state index contributed by atoms with van der Waals surface area (Å²) < 4.78 is 27.7. The highest BCUT2D eigenvalue weighted by molar-refractivity contribution is 7.89. The predicted octanol–water partition coefficient (Wildman–Crippen LogP) is 3.11. The molecule has 1 fully saturated rings. The van der Waals surface area contributed by atoms with Crippen LogP contribution >= 0.6 is 11.3 Å². The molecule has 1 amide bonds. The molecule has 0 saturated carbocycles. The third-order valence-electron chi connectivity index (χ3n) is 5.53. The number of thiazole rings is 1. The summed E-state index contributed by atoms with van der Waals surface area (Å²) in [6.45, 7) is 6.01. The second kappa shape index (κ2) is 9.04. The number of hydrogen-bond donors (Lipinski definition) is 1. The molecule has 0 unspecified atom stereocenters. The molecule has 164 valence electrons. The minimum absolute atomic E-state index is 0.123. The maximum absolute atomic E-state index is 13.1. The van der Waals surface area contributed by atoms with E-state index in [1.54, 1.807) is 12.1 Å². The third kappa shape index (κ3) is 4.79. The van der Waals surface area contributed by atoms with Gasteiger partial charge in [-0.05, 0) is 36.2 Å². The number of fused-ring (bicyclic) bond motifs is 1. The lowest BCUT2D eigenvalue weighted by Gasteiger charge is -2.33. The standard InChI is InChI=1S/C22H26N4O3S2/c1-3-20-16(2)30-22(23-20)24-21(27)15-25-10-12-26(13-11-25)31(28,29)19-9-8-17-6-4-5-7-18(17)14-19/h4-9,14H,3,10-13,15H2,1-2H3,(H,23,24,27). The summed E-state index contributed by atoms with van der Waals surface area (Å²) in [6.07, 6.45) is 0.839. The van der Waals surface area contributed by atoms with Crippen LogP contribution in [0.25, 0.3) is 10.8 Å². The third-order valence-corrected chi connectivity index (χ3v) is 8.35. The van der Waals surface area contributed by atoms with Gasteiger partial charge in [-0.15, -0.1) is 11.3 Å². The molecule has 0 aliphatic carbocycles. The first kappa shape index (κ1) is 21.9. The molecule has 1 aliphatic heterocycles. The van der Waals surface area contributed by atoms with Crippen molar-refractivity contribution in [2.24, 2.45) is 0 Å². The molecule has 0 spiro atoms. The number of piperazine rings is 1. The van der Waals surface area contributed by atoms with Crippen molar-refractivity contribution in [3.05, 3.63) is 53.0 Å². The fourth-order valence-corrected chi connectivity index (χ4v) is 6.15. The molecule has 0 bridgehead atoms. The van der Waals surface area contributed by atoms with Crippen LogP contribution in [0.15, 0.2) is 47.4 Å². The number of benzene rings is 2. The molecule has 1 aliphatic rings. The first-order valence-electron chi connectivity index (χ1n) is 10.3. The van der Waals surface area contributed by atoms with E-state index in [9.17, 15) is 13.2 Å². The van der Waals surface area contributed by atoms with Crippen LogP contribution in [0.2, 0.25) is 0 Å². The molecule has 7 nitrogen and oxygen atoms in total. The zero-order chi connectivity index (χ0) is 22.0. The molecule has 3 aromatic rings. The molecule has 2 heterocycles. The van der Waals surface area contributed by atoms with Gasteiger partial charge in [0.05, 0.1) is 17.1 Å². The minimum atomic E-state index is -3.56. The van der Waals surface area contributed by atoms with Gasteiger partial charge in [0.1, 0.15) is 0 Å². The van der Waals surface area contributed by atoms with Crippen LogP contribution in [0.3, 0.4) is 0 Å². The molecule has 0 atom stereocenters. The number of amides is 1. The summed E-state index contributed by atoms with van der Waals surface area (Å²) in [5.74, 6) is -0.123. The number of aromatic nitrogens is 1. The first-order chi connectivity index (χ1) is 14.9. The molecule has 0 radical (unpaired) electrons. The summed E-state index contributed by atoms with van der Waals surface area (Å²) in [7, 11) is -3.56. The monoisotopic (exact) mass is 458 g/mol. The molecule has 31 heavy (non-hydrogen) atoms. The van der Waals surface area contributed by atoms with Gasteiger partial charge in [0.25, 0.3) is 0 Å². The van der Waals surface area contributed by atoms with Crippen LogP contribution in [0.4, 0.5) is 5.13 Å². The summed E-state index contributed by atoms with van der Waals surface area (Å²) in [5.41, 5.74) is 1.01. The Hall–Kier alpha value is -2.33. The normalized spacial score (nSPS) is 15.9. The molecule has 9 heteroatoms. The van der Waals surface area contributed by atoms with Crippen LogP contribution in [0.5, 0.6) is 0 Å². The Labute approximate surface area is 186 Å². The minimum Gasteiger partial charge on any atom is -0.301 e. The van der Waals surface area contributed by atoms with E-state index >= 15 is 0 Å². The molecule has 1 N–H and O–H groups in total. The number of carbonyl (C=O) groups is 1. The van der Waals surface area contributed by atoms with Gasteiger partial charge in [0, 0.05) is 31.1 Å². The Morgan fingerprint density at radius 1 is 1.10 bits per heavy atom. The number of rotatable bonds is 6. The maximum Gasteiger partial charge on any atom is 0.243 e. The number of aryl methyl sites for hydroxylation is 2. The summed E-state index contributed by atoms with van der Waals surface area (Å²) >= 11 is 1.48. The summed E-state index contributed by atoms with van der Waals surface area (Å²) in [4.78, 5) is 20.2.